The van der Waals surface area contributed by atoms with Crippen molar-refractivity contribution in [2.24, 2.45) is 0 Å². The van der Waals surface area contributed by atoms with E-state index in [0.717, 1.165) is 5.69 Å². The molecule has 0 fully saturated rings. The smallest absolute Gasteiger partial charge is 0.371 e. The third kappa shape index (κ3) is 3.02. The highest BCUT2D eigenvalue weighted by atomic mass is 79.9. The lowest BCUT2D eigenvalue weighted by Crippen LogP contribution is -1.99. The van der Waals surface area contributed by atoms with Gasteiger partial charge < -0.3 is 14.8 Å². The lowest BCUT2D eigenvalue weighted by atomic mass is 10.4. The number of nitrogens with zero attached hydrogens (tertiary/aromatic N) is 1. The summed E-state index contributed by atoms with van der Waals surface area (Å²) in [6.07, 6.45) is 1.58. The van der Waals surface area contributed by atoms with Crippen molar-refractivity contribution in [1.82, 2.24) is 4.98 Å². The Balaban J connectivity index is 2.02. The van der Waals surface area contributed by atoms with Crippen molar-refractivity contribution in [1.29, 1.82) is 0 Å². The van der Waals surface area contributed by atoms with Crippen LogP contribution < -0.4 is 5.32 Å². The average Bonchev–Trinajstić information content (AvgIpc) is 2.79. The molecule has 0 saturated heterocycles. The molecule has 2 aromatic rings. The number of anilines is 1. The second-order valence-corrected chi connectivity index (χ2v) is 4.63. The van der Waals surface area contributed by atoms with E-state index in [9.17, 15) is 4.79 Å². The Kier molecular flexibility index (Phi) is 3.88. The number of rotatable bonds is 4. The monoisotopic (exact) mass is 330 g/mol. The Morgan fingerprint density at radius 3 is 2.94 bits per heavy atom. The predicted molar refractivity (Wildman–Crippen MR) is 69.9 cm³/mol. The first-order valence-electron chi connectivity index (χ1n) is 4.93. The van der Waals surface area contributed by atoms with Gasteiger partial charge in [0.25, 0.3) is 0 Å². The zero-order valence-electron chi connectivity index (χ0n) is 8.98. The molecule has 2 heterocycles. The summed E-state index contributed by atoms with van der Waals surface area (Å²) in [7, 11) is 0. The predicted octanol–water partition coefficient (Wildman–Crippen LogP) is 3.40. The summed E-state index contributed by atoms with van der Waals surface area (Å²) in [6, 6.07) is 4.79. The molecule has 2 N–H and O–H groups in total. The average molecular weight is 332 g/mol. The fraction of sp³-hybridized carbons (Fsp3) is 0.0909. The number of halogens is 2. The summed E-state index contributed by atoms with van der Waals surface area (Å²) in [5.41, 5.74) is 0.750. The van der Waals surface area contributed by atoms with Crippen LogP contribution in [0, 0.1) is 0 Å². The van der Waals surface area contributed by atoms with E-state index in [-0.39, 0.29) is 5.76 Å². The second-order valence-electron chi connectivity index (χ2n) is 3.42. The molecule has 0 radical (unpaired) electrons. The minimum Gasteiger partial charge on any atom is -0.475 e. The van der Waals surface area contributed by atoms with Crippen LogP contribution in [0.3, 0.4) is 0 Å². The van der Waals surface area contributed by atoms with Gasteiger partial charge >= 0.3 is 5.97 Å². The van der Waals surface area contributed by atoms with E-state index in [1.165, 1.54) is 6.07 Å². The van der Waals surface area contributed by atoms with Crippen LogP contribution in [0.25, 0.3) is 0 Å². The SMILES string of the molecule is O=C(O)c1ccc(CNc2cnc(Cl)c(Br)c2)o1. The molecule has 94 valence electrons. The van der Waals surface area contributed by atoms with E-state index in [4.69, 9.17) is 21.1 Å². The van der Waals surface area contributed by atoms with Gasteiger partial charge in [-0.05, 0) is 34.1 Å². The summed E-state index contributed by atoms with van der Waals surface area (Å²) in [4.78, 5) is 14.6. The number of carboxylic acids is 1. The number of carboxylic acid groups (broad SMARTS) is 1. The number of aromatic carboxylic acids is 1. The maximum absolute atomic E-state index is 10.6. The summed E-state index contributed by atoms with van der Waals surface area (Å²) in [5, 5.41) is 12.1. The van der Waals surface area contributed by atoms with Crippen molar-refractivity contribution in [3.8, 4) is 0 Å². The van der Waals surface area contributed by atoms with E-state index in [1.54, 1.807) is 18.3 Å². The third-order valence-electron chi connectivity index (χ3n) is 2.14. The van der Waals surface area contributed by atoms with Gasteiger partial charge in [-0.25, -0.2) is 9.78 Å². The minimum atomic E-state index is -1.09. The molecule has 0 bridgehead atoms. The van der Waals surface area contributed by atoms with Crippen LogP contribution in [0.15, 0.2) is 33.3 Å². The van der Waals surface area contributed by atoms with Gasteiger partial charge in [-0.2, -0.15) is 0 Å². The molecule has 0 unspecified atom stereocenters. The van der Waals surface area contributed by atoms with Gasteiger partial charge in [0.05, 0.1) is 22.9 Å². The van der Waals surface area contributed by atoms with Gasteiger partial charge in [0.15, 0.2) is 0 Å². The Bertz CT molecular complexity index is 585. The molecule has 0 amide bonds. The summed E-state index contributed by atoms with van der Waals surface area (Å²) in [6.45, 7) is 0.364. The number of pyridine rings is 1. The Morgan fingerprint density at radius 1 is 1.56 bits per heavy atom. The molecule has 18 heavy (non-hydrogen) atoms. The van der Waals surface area contributed by atoms with Gasteiger partial charge in [-0.1, -0.05) is 11.6 Å². The molecule has 7 heteroatoms. The van der Waals surface area contributed by atoms with Crippen molar-refractivity contribution in [2.45, 2.75) is 6.54 Å². The van der Waals surface area contributed by atoms with E-state index in [2.05, 4.69) is 26.2 Å². The first-order valence-corrected chi connectivity index (χ1v) is 6.10. The van der Waals surface area contributed by atoms with Crippen LogP contribution in [0.2, 0.25) is 5.15 Å². The topological polar surface area (TPSA) is 75.4 Å². The third-order valence-corrected chi connectivity index (χ3v) is 3.27. The number of furan rings is 1. The van der Waals surface area contributed by atoms with Crippen LogP contribution in [-0.2, 0) is 6.54 Å². The quantitative estimate of drug-likeness (QED) is 0.840. The van der Waals surface area contributed by atoms with Crippen LogP contribution in [0.4, 0.5) is 5.69 Å². The number of aromatic nitrogens is 1. The summed E-state index contributed by atoms with van der Waals surface area (Å²) in [5.74, 6) is -0.641. The van der Waals surface area contributed by atoms with Crippen LogP contribution in [-0.4, -0.2) is 16.1 Å². The zero-order chi connectivity index (χ0) is 13.1. The van der Waals surface area contributed by atoms with Crippen LogP contribution >= 0.6 is 27.5 Å². The Morgan fingerprint density at radius 2 is 2.33 bits per heavy atom. The van der Waals surface area contributed by atoms with Gasteiger partial charge in [0.1, 0.15) is 10.9 Å². The summed E-state index contributed by atoms with van der Waals surface area (Å²) < 4.78 is 5.78. The fourth-order valence-electron chi connectivity index (χ4n) is 1.29. The molecule has 0 aliphatic rings. The molecule has 2 aromatic heterocycles. The first kappa shape index (κ1) is 12.9. The molecule has 0 saturated carbocycles. The van der Waals surface area contributed by atoms with Gasteiger partial charge in [-0.15, -0.1) is 0 Å². The summed E-state index contributed by atoms with van der Waals surface area (Å²) >= 11 is 9.03. The van der Waals surface area contributed by atoms with E-state index >= 15 is 0 Å². The highest BCUT2D eigenvalue weighted by molar-refractivity contribution is 9.10. The van der Waals surface area contributed by atoms with Crippen LogP contribution in [0.5, 0.6) is 0 Å². The molecule has 0 aliphatic heterocycles. The largest absolute Gasteiger partial charge is 0.475 e. The molecular weight excluding hydrogens is 323 g/mol. The van der Waals surface area contributed by atoms with E-state index in [0.29, 0.717) is 21.9 Å². The highest BCUT2D eigenvalue weighted by Crippen LogP contribution is 2.23. The van der Waals surface area contributed by atoms with Crippen molar-refractivity contribution < 1.29 is 14.3 Å². The molecule has 2 rings (SSSR count). The molecular formula is C11H8BrClN2O3. The van der Waals surface area contributed by atoms with Gasteiger partial charge in [0.2, 0.25) is 5.76 Å². The standard InChI is InChI=1S/C11H8BrClN2O3/c12-8-3-6(4-15-10(8)13)14-5-7-1-2-9(18-7)11(16)17/h1-4,14H,5H2,(H,16,17). The van der Waals surface area contributed by atoms with Crippen molar-refractivity contribution in [3.63, 3.8) is 0 Å². The minimum absolute atomic E-state index is 0.0813. The maximum atomic E-state index is 10.6. The Hall–Kier alpha value is -1.53. The highest BCUT2D eigenvalue weighted by Gasteiger charge is 2.08. The van der Waals surface area contributed by atoms with Crippen molar-refractivity contribution >= 4 is 39.2 Å². The fourth-order valence-corrected chi connectivity index (χ4v) is 1.75. The number of nitrogens with one attached hydrogen (secondary N) is 1. The normalized spacial score (nSPS) is 10.3. The lowest BCUT2D eigenvalue weighted by Gasteiger charge is -2.04. The molecule has 5 nitrogen and oxygen atoms in total. The van der Waals surface area contributed by atoms with E-state index < -0.39 is 5.97 Å². The lowest BCUT2D eigenvalue weighted by molar-refractivity contribution is 0.0660. The second kappa shape index (κ2) is 5.41. The molecule has 0 atom stereocenters. The number of hydrogen-bond acceptors (Lipinski definition) is 4. The molecule has 0 spiro atoms. The number of hydrogen-bond donors (Lipinski definition) is 2. The van der Waals surface area contributed by atoms with Crippen molar-refractivity contribution in [3.05, 3.63) is 45.5 Å². The van der Waals surface area contributed by atoms with E-state index in [1.807, 2.05) is 0 Å². The molecule has 0 aromatic carbocycles. The van der Waals surface area contributed by atoms with Crippen molar-refractivity contribution in [2.75, 3.05) is 5.32 Å². The number of carbonyl (C=O) groups is 1. The van der Waals surface area contributed by atoms with Gasteiger partial charge in [-0.3, -0.25) is 0 Å². The maximum Gasteiger partial charge on any atom is 0.371 e. The first-order chi connectivity index (χ1) is 8.56. The van der Waals surface area contributed by atoms with Gasteiger partial charge in [0, 0.05) is 0 Å². The molecule has 0 aliphatic carbocycles. The van der Waals surface area contributed by atoms with Crippen LogP contribution in [0.1, 0.15) is 16.3 Å². The Labute approximate surface area is 116 Å². The zero-order valence-corrected chi connectivity index (χ0v) is 11.3.